The number of hydrogen-bond donors (Lipinski definition) is 1. The van der Waals surface area contributed by atoms with E-state index in [1.54, 1.807) is 6.07 Å². The van der Waals surface area contributed by atoms with Crippen LogP contribution in [0.2, 0.25) is 5.02 Å². The molecule has 0 saturated heterocycles. The van der Waals surface area contributed by atoms with Gasteiger partial charge in [-0.3, -0.25) is 0 Å². The summed E-state index contributed by atoms with van der Waals surface area (Å²) in [6.07, 6.45) is 5.55. The summed E-state index contributed by atoms with van der Waals surface area (Å²) < 4.78 is 18.9. The van der Waals surface area contributed by atoms with E-state index in [-0.39, 0.29) is 11.9 Å². The van der Waals surface area contributed by atoms with Crippen molar-refractivity contribution in [2.24, 2.45) is 5.92 Å². The van der Waals surface area contributed by atoms with Gasteiger partial charge in [0.1, 0.15) is 5.82 Å². The van der Waals surface area contributed by atoms with Crippen LogP contribution < -0.4 is 0 Å². The largest absolute Gasteiger partial charge is 0.390 e. The van der Waals surface area contributed by atoms with Crippen LogP contribution in [-0.4, -0.2) is 23.9 Å². The summed E-state index contributed by atoms with van der Waals surface area (Å²) in [5, 5.41) is 10.9. The number of rotatable bonds is 6. The summed E-state index contributed by atoms with van der Waals surface area (Å²) in [4.78, 5) is 0. The number of ether oxygens (including phenoxy) is 1. The van der Waals surface area contributed by atoms with Gasteiger partial charge in [-0.1, -0.05) is 36.9 Å². The van der Waals surface area contributed by atoms with E-state index in [9.17, 15) is 9.50 Å². The molecule has 1 N–H and O–H groups in total. The van der Waals surface area contributed by atoms with Crippen molar-refractivity contribution in [3.8, 4) is 0 Å². The zero-order chi connectivity index (χ0) is 15.2. The smallest absolute Gasteiger partial charge is 0.124 e. The SMILES string of the molecule is CCOC(C(O)Cc1ccc(F)cc1Cl)C1CCCCC1. The third-order valence-electron chi connectivity index (χ3n) is 4.30. The van der Waals surface area contributed by atoms with Gasteiger partial charge in [-0.2, -0.15) is 0 Å². The van der Waals surface area contributed by atoms with E-state index in [1.807, 2.05) is 6.92 Å². The highest BCUT2D eigenvalue weighted by molar-refractivity contribution is 6.31. The fourth-order valence-corrected chi connectivity index (χ4v) is 3.49. The zero-order valence-corrected chi connectivity index (χ0v) is 13.3. The Morgan fingerprint density at radius 2 is 2.05 bits per heavy atom. The van der Waals surface area contributed by atoms with Crippen molar-refractivity contribution >= 4 is 11.6 Å². The molecule has 21 heavy (non-hydrogen) atoms. The topological polar surface area (TPSA) is 29.5 Å². The standard InChI is InChI=1S/C17H24ClFO2/c1-2-21-17(12-6-4-3-5-7-12)16(20)10-13-8-9-14(19)11-15(13)18/h8-9,11-12,16-17,20H,2-7,10H2,1H3. The fourth-order valence-electron chi connectivity index (χ4n) is 3.25. The summed E-state index contributed by atoms with van der Waals surface area (Å²) in [7, 11) is 0. The third-order valence-corrected chi connectivity index (χ3v) is 4.65. The lowest BCUT2D eigenvalue weighted by Crippen LogP contribution is -2.38. The average Bonchev–Trinajstić information content (AvgIpc) is 2.48. The zero-order valence-electron chi connectivity index (χ0n) is 12.5. The maximum absolute atomic E-state index is 13.1. The van der Waals surface area contributed by atoms with Gasteiger partial charge in [-0.25, -0.2) is 4.39 Å². The van der Waals surface area contributed by atoms with E-state index in [0.29, 0.717) is 24.0 Å². The van der Waals surface area contributed by atoms with Crippen LogP contribution in [0.3, 0.4) is 0 Å². The Labute approximate surface area is 131 Å². The molecule has 1 saturated carbocycles. The van der Waals surface area contributed by atoms with Gasteiger partial charge in [0.25, 0.3) is 0 Å². The molecular formula is C17H24ClFO2. The molecule has 2 nitrogen and oxygen atoms in total. The predicted molar refractivity (Wildman–Crippen MR) is 83.1 cm³/mol. The Morgan fingerprint density at radius 3 is 2.67 bits per heavy atom. The van der Waals surface area contributed by atoms with Crippen LogP contribution in [0, 0.1) is 11.7 Å². The van der Waals surface area contributed by atoms with Gasteiger partial charge in [-0.05, 0) is 43.4 Å². The first-order chi connectivity index (χ1) is 10.1. The minimum atomic E-state index is -0.601. The van der Waals surface area contributed by atoms with E-state index in [2.05, 4.69) is 0 Å². The molecule has 4 heteroatoms. The first kappa shape index (κ1) is 16.7. The lowest BCUT2D eigenvalue weighted by Gasteiger charge is -2.33. The van der Waals surface area contributed by atoms with Gasteiger partial charge in [0.2, 0.25) is 0 Å². The first-order valence-corrected chi connectivity index (χ1v) is 8.23. The maximum Gasteiger partial charge on any atom is 0.124 e. The molecule has 1 aromatic carbocycles. The van der Waals surface area contributed by atoms with Crippen molar-refractivity contribution in [3.63, 3.8) is 0 Å². The molecule has 0 bridgehead atoms. The molecular weight excluding hydrogens is 291 g/mol. The summed E-state index contributed by atoms with van der Waals surface area (Å²) >= 11 is 6.05. The normalized spacial score (nSPS) is 19.4. The molecule has 0 heterocycles. The molecule has 2 rings (SSSR count). The highest BCUT2D eigenvalue weighted by Crippen LogP contribution is 2.31. The molecule has 2 unspecified atom stereocenters. The van der Waals surface area contributed by atoms with Crippen molar-refractivity contribution in [1.82, 2.24) is 0 Å². The highest BCUT2D eigenvalue weighted by Gasteiger charge is 2.30. The molecule has 1 aliphatic carbocycles. The molecule has 1 fully saturated rings. The Morgan fingerprint density at radius 1 is 1.33 bits per heavy atom. The molecule has 0 aliphatic heterocycles. The summed E-state index contributed by atoms with van der Waals surface area (Å²) in [5.74, 6) is 0.0554. The van der Waals surface area contributed by atoms with Crippen LogP contribution in [0.4, 0.5) is 4.39 Å². The monoisotopic (exact) mass is 314 g/mol. The maximum atomic E-state index is 13.1. The average molecular weight is 315 g/mol. The molecule has 1 aliphatic rings. The van der Waals surface area contributed by atoms with Gasteiger partial charge < -0.3 is 9.84 Å². The minimum absolute atomic E-state index is 0.156. The summed E-state index contributed by atoms with van der Waals surface area (Å²) in [6.45, 7) is 2.54. The van der Waals surface area contributed by atoms with Crippen molar-refractivity contribution < 1.29 is 14.2 Å². The molecule has 118 valence electrons. The number of hydrogen-bond acceptors (Lipinski definition) is 2. The summed E-state index contributed by atoms with van der Waals surface area (Å²) in [6, 6.07) is 4.31. The van der Waals surface area contributed by atoms with Crippen LogP contribution >= 0.6 is 11.6 Å². The van der Waals surface area contributed by atoms with Crippen LogP contribution in [-0.2, 0) is 11.2 Å². The van der Waals surface area contributed by atoms with Gasteiger partial charge in [0.05, 0.1) is 12.2 Å². The third kappa shape index (κ3) is 4.67. The molecule has 0 amide bonds. The van der Waals surface area contributed by atoms with E-state index in [0.717, 1.165) is 18.4 Å². The van der Waals surface area contributed by atoms with Crippen LogP contribution in [0.25, 0.3) is 0 Å². The number of benzene rings is 1. The van der Waals surface area contributed by atoms with Gasteiger partial charge in [0, 0.05) is 18.1 Å². The molecule has 2 atom stereocenters. The lowest BCUT2D eigenvalue weighted by molar-refractivity contribution is -0.0715. The van der Waals surface area contributed by atoms with Crippen molar-refractivity contribution in [2.45, 2.75) is 57.7 Å². The van der Waals surface area contributed by atoms with Gasteiger partial charge >= 0.3 is 0 Å². The fraction of sp³-hybridized carbons (Fsp3) is 0.647. The second-order valence-corrected chi connectivity index (χ2v) is 6.23. The second kappa shape index (κ2) is 8.11. The van der Waals surface area contributed by atoms with E-state index in [1.165, 1.54) is 31.4 Å². The van der Waals surface area contributed by atoms with Gasteiger partial charge in [-0.15, -0.1) is 0 Å². The number of halogens is 2. The molecule has 0 aromatic heterocycles. The van der Waals surface area contributed by atoms with E-state index in [4.69, 9.17) is 16.3 Å². The van der Waals surface area contributed by atoms with E-state index >= 15 is 0 Å². The Balaban J connectivity index is 2.04. The van der Waals surface area contributed by atoms with Crippen molar-refractivity contribution in [2.75, 3.05) is 6.61 Å². The highest BCUT2D eigenvalue weighted by atomic mass is 35.5. The van der Waals surface area contributed by atoms with Gasteiger partial charge in [0.15, 0.2) is 0 Å². The van der Waals surface area contributed by atoms with Crippen molar-refractivity contribution in [1.29, 1.82) is 0 Å². The summed E-state index contributed by atoms with van der Waals surface area (Å²) in [5.41, 5.74) is 0.770. The number of aliphatic hydroxyl groups excluding tert-OH is 1. The quantitative estimate of drug-likeness (QED) is 0.845. The minimum Gasteiger partial charge on any atom is -0.390 e. The van der Waals surface area contributed by atoms with Crippen LogP contribution in [0.1, 0.15) is 44.6 Å². The van der Waals surface area contributed by atoms with Crippen LogP contribution in [0.5, 0.6) is 0 Å². The number of aliphatic hydroxyl groups is 1. The molecule has 0 spiro atoms. The first-order valence-electron chi connectivity index (χ1n) is 7.85. The lowest BCUT2D eigenvalue weighted by atomic mass is 9.82. The Bertz CT molecular complexity index is 446. The predicted octanol–water partition coefficient (Wildman–Crippen LogP) is 4.37. The second-order valence-electron chi connectivity index (χ2n) is 5.83. The van der Waals surface area contributed by atoms with Crippen molar-refractivity contribution in [3.05, 3.63) is 34.6 Å². The Hall–Kier alpha value is -0.640. The van der Waals surface area contributed by atoms with E-state index < -0.39 is 6.10 Å². The van der Waals surface area contributed by atoms with Crippen LogP contribution in [0.15, 0.2) is 18.2 Å². The Kier molecular flexibility index (Phi) is 6.46. The molecule has 1 aromatic rings. The molecule has 0 radical (unpaired) electrons.